The average molecular weight is 255 g/mol. The first kappa shape index (κ1) is 12.4. The van der Waals surface area contributed by atoms with Crippen molar-refractivity contribution < 1.29 is 13.5 Å². The largest absolute Gasteiger partial charge is 0.508 e. The minimum absolute atomic E-state index is 0.214. The smallest absolute Gasteiger partial charge is 0.150 e. The molecular weight excluding hydrogens is 238 g/mol. The Morgan fingerprint density at radius 3 is 2.76 bits per heavy atom. The first-order valence-corrected chi connectivity index (χ1v) is 7.57. The van der Waals surface area contributed by atoms with Crippen molar-refractivity contribution in [2.75, 3.05) is 18.1 Å². The molecule has 1 fully saturated rings. The van der Waals surface area contributed by atoms with Crippen LogP contribution >= 0.6 is 0 Å². The lowest BCUT2D eigenvalue weighted by Crippen LogP contribution is -2.23. The van der Waals surface area contributed by atoms with Gasteiger partial charge < -0.3 is 10.4 Å². The topological polar surface area (TPSA) is 66.4 Å². The molecule has 1 heterocycles. The number of aromatic hydroxyl groups is 1. The summed E-state index contributed by atoms with van der Waals surface area (Å²) in [5.41, 5.74) is 0.841. The molecule has 1 aromatic rings. The van der Waals surface area contributed by atoms with E-state index in [9.17, 15) is 13.5 Å². The zero-order chi connectivity index (χ0) is 12.3. The summed E-state index contributed by atoms with van der Waals surface area (Å²) < 4.78 is 22.5. The lowest BCUT2D eigenvalue weighted by molar-refractivity contribution is 0.459. The van der Waals surface area contributed by atoms with Crippen molar-refractivity contribution in [3.05, 3.63) is 29.8 Å². The molecule has 0 radical (unpaired) electrons. The van der Waals surface area contributed by atoms with Crippen molar-refractivity contribution >= 4 is 9.84 Å². The summed E-state index contributed by atoms with van der Waals surface area (Å²) in [5.74, 6) is 1.10. The molecule has 2 N–H and O–H groups in total. The Labute approximate surface area is 102 Å². The van der Waals surface area contributed by atoms with Crippen LogP contribution < -0.4 is 5.32 Å². The van der Waals surface area contributed by atoms with Crippen LogP contribution in [-0.4, -0.2) is 31.6 Å². The Balaban J connectivity index is 1.79. The van der Waals surface area contributed by atoms with Gasteiger partial charge in [0, 0.05) is 12.1 Å². The summed E-state index contributed by atoms with van der Waals surface area (Å²) in [7, 11) is -2.79. The molecule has 1 saturated heterocycles. The van der Waals surface area contributed by atoms with E-state index in [1.165, 1.54) is 0 Å². The highest BCUT2D eigenvalue weighted by atomic mass is 32.2. The van der Waals surface area contributed by atoms with Crippen LogP contribution in [0, 0.1) is 5.92 Å². The Bertz CT molecular complexity index is 484. The minimum atomic E-state index is -2.79. The van der Waals surface area contributed by atoms with E-state index in [1.807, 2.05) is 12.1 Å². The van der Waals surface area contributed by atoms with Crippen LogP contribution in [-0.2, 0) is 16.4 Å². The van der Waals surface area contributed by atoms with E-state index in [2.05, 4.69) is 5.32 Å². The van der Waals surface area contributed by atoms with E-state index in [-0.39, 0.29) is 11.7 Å². The normalized spacial score (nSPS) is 22.7. The van der Waals surface area contributed by atoms with Crippen molar-refractivity contribution in [3.63, 3.8) is 0 Å². The summed E-state index contributed by atoms with van der Waals surface area (Å²) in [6.45, 7) is 1.26. The fourth-order valence-electron chi connectivity index (χ4n) is 2.10. The van der Waals surface area contributed by atoms with Gasteiger partial charge in [0.05, 0.1) is 11.5 Å². The van der Waals surface area contributed by atoms with Gasteiger partial charge in [0.25, 0.3) is 0 Å². The maximum Gasteiger partial charge on any atom is 0.150 e. The number of hydrogen-bond acceptors (Lipinski definition) is 4. The number of phenols is 1. The number of rotatable bonds is 4. The highest BCUT2D eigenvalue weighted by Crippen LogP contribution is 2.18. The van der Waals surface area contributed by atoms with Crippen LogP contribution in [0.15, 0.2) is 24.3 Å². The first-order chi connectivity index (χ1) is 8.07. The second-order valence-corrected chi connectivity index (χ2v) is 6.76. The highest BCUT2D eigenvalue weighted by Gasteiger charge is 2.27. The molecule has 0 saturated carbocycles. The molecule has 5 heteroatoms. The van der Waals surface area contributed by atoms with Gasteiger partial charge in [-0.3, -0.25) is 0 Å². The van der Waals surface area contributed by atoms with Crippen molar-refractivity contribution in [2.24, 2.45) is 5.92 Å². The molecule has 17 heavy (non-hydrogen) atoms. The fraction of sp³-hybridized carbons (Fsp3) is 0.500. The SMILES string of the molecule is O=S1(=O)CCC(CNCc2ccccc2O)C1. The van der Waals surface area contributed by atoms with E-state index in [0.29, 0.717) is 24.6 Å². The fourth-order valence-corrected chi connectivity index (χ4v) is 3.97. The second-order valence-electron chi connectivity index (χ2n) is 4.53. The monoisotopic (exact) mass is 255 g/mol. The molecule has 0 aromatic heterocycles. The van der Waals surface area contributed by atoms with Gasteiger partial charge in [-0.25, -0.2) is 8.42 Å². The van der Waals surface area contributed by atoms with Crippen LogP contribution in [0.4, 0.5) is 0 Å². The summed E-state index contributed by atoms with van der Waals surface area (Å²) in [6, 6.07) is 7.16. The van der Waals surface area contributed by atoms with Crippen LogP contribution in [0.1, 0.15) is 12.0 Å². The summed E-state index contributed by atoms with van der Waals surface area (Å²) in [4.78, 5) is 0. The van der Waals surface area contributed by atoms with E-state index in [1.54, 1.807) is 12.1 Å². The van der Waals surface area contributed by atoms with Gasteiger partial charge in [0.2, 0.25) is 0 Å². The predicted molar refractivity (Wildman–Crippen MR) is 66.6 cm³/mol. The molecule has 2 rings (SSSR count). The van der Waals surface area contributed by atoms with Crippen molar-refractivity contribution in [1.29, 1.82) is 0 Å². The van der Waals surface area contributed by atoms with Crippen LogP contribution in [0.3, 0.4) is 0 Å². The molecule has 1 aromatic carbocycles. The molecule has 1 aliphatic heterocycles. The van der Waals surface area contributed by atoms with Gasteiger partial charge in [-0.15, -0.1) is 0 Å². The van der Waals surface area contributed by atoms with Crippen LogP contribution in [0.2, 0.25) is 0 Å². The number of hydrogen-bond donors (Lipinski definition) is 2. The maximum absolute atomic E-state index is 11.3. The Kier molecular flexibility index (Phi) is 3.69. The molecule has 4 nitrogen and oxygen atoms in total. The van der Waals surface area contributed by atoms with E-state index >= 15 is 0 Å². The third-order valence-electron chi connectivity index (χ3n) is 3.07. The van der Waals surface area contributed by atoms with Gasteiger partial charge in [-0.05, 0) is 24.9 Å². The predicted octanol–water partition coefficient (Wildman–Crippen LogP) is 0.916. The lowest BCUT2D eigenvalue weighted by atomic mass is 10.1. The molecule has 1 atom stereocenters. The molecule has 0 amide bonds. The van der Waals surface area contributed by atoms with Crippen LogP contribution in [0.25, 0.3) is 0 Å². The van der Waals surface area contributed by atoms with Crippen molar-refractivity contribution in [2.45, 2.75) is 13.0 Å². The van der Waals surface area contributed by atoms with E-state index in [4.69, 9.17) is 0 Å². The maximum atomic E-state index is 11.3. The van der Waals surface area contributed by atoms with Gasteiger partial charge in [0.15, 0.2) is 9.84 Å². The molecule has 94 valence electrons. The number of phenolic OH excluding ortho intramolecular Hbond substituents is 1. The zero-order valence-corrected chi connectivity index (χ0v) is 10.4. The van der Waals surface area contributed by atoms with Gasteiger partial charge >= 0.3 is 0 Å². The number of nitrogens with one attached hydrogen (secondary N) is 1. The molecule has 0 aliphatic carbocycles. The third-order valence-corrected chi connectivity index (χ3v) is 4.90. The van der Waals surface area contributed by atoms with Crippen LogP contribution in [0.5, 0.6) is 5.75 Å². The van der Waals surface area contributed by atoms with Gasteiger partial charge in [-0.1, -0.05) is 18.2 Å². The molecule has 0 bridgehead atoms. The second kappa shape index (κ2) is 5.06. The summed E-state index contributed by atoms with van der Waals surface area (Å²) in [6.07, 6.45) is 0.746. The Hall–Kier alpha value is -1.07. The highest BCUT2D eigenvalue weighted by molar-refractivity contribution is 7.91. The summed E-state index contributed by atoms with van der Waals surface area (Å²) in [5, 5.41) is 12.7. The first-order valence-electron chi connectivity index (χ1n) is 5.75. The molecule has 0 spiro atoms. The standard InChI is InChI=1S/C12H17NO3S/c14-12-4-2-1-3-11(12)8-13-7-10-5-6-17(15,16)9-10/h1-4,10,13-14H,5-9H2. The average Bonchev–Trinajstić information content (AvgIpc) is 2.61. The Morgan fingerprint density at radius 2 is 2.12 bits per heavy atom. The molecular formula is C12H17NO3S. The van der Waals surface area contributed by atoms with Gasteiger partial charge in [0.1, 0.15) is 5.75 Å². The molecule has 1 unspecified atom stereocenters. The Morgan fingerprint density at radius 1 is 1.35 bits per heavy atom. The van der Waals surface area contributed by atoms with Gasteiger partial charge in [-0.2, -0.15) is 0 Å². The van der Waals surface area contributed by atoms with E-state index < -0.39 is 9.84 Å². The van der Waals surface area contributed by atoms with Crippen molar-refractivity contribution in [3.8, 4) is 5.75 Å². The third kappa shape index (κ3) is 3.44. The minimum Gasteiger partial charge on any atom is -0.508 e. The number of sulfone groups is 1. The molecule has 1 aliphatic rings. The summed E-state index contributed by atoms with van der Waals surface area (Å²) >= 11 is 0. The zero-order valence-electron chi connectivity index (χ0n) is 9.59. The van der Waals surface area contributed by atoms with E-state index in [0.717, 1.165) is 12.0 Å². The number of benzene rings is 1. The van der Waals surface area contributed by atoms with Crippen molar-refractivity contribution in [1.82, 2.24) is 5.32 Å². The quantitative estimate of drug-likeness (QED) is 0.839. The number of para-hydroxylation sites is 1. The lowest BCUT2D eigenvalue weighted by Gasteiger charge is -2.10.